The molecule has 3 amide bonds. The van der Waals surface area contributed by atoms with Crippen LogP contribution >= 0.6 is 0 Å². The highest BCUT2D eigenvalue weighted by molar-refractivity contribution is 5.96. The first-order chi connectivity index (χ1) is 15.2. The van der Waals surface area contributed by atoms with Gasteiger partial charge in [0.2, 0.25) is 5.91 Å². The fourth-order valence-corrected chi connectivity index (χ4v) is 8.20. The number of fused-ring (bicyclic) bond motifs is 5. The van der Waals surface area contributed by atoms with Gasteiger partial charge in [-0.05, 0) is 100 Å². The number of nitrogens with zero attached hydrogens (tertiary/aromatic N) is 2. The van der Waals surface area contributed by atoms with Crippen molar-refractivity contribution in [3.63, 3.8) is 0 Å². The van der Waals surface area contributed by atoms with Crippen LogP contribution in [0.3, 0.4) is 0 Å². The Balaban J connectivity index is 1.56. The Morgan fingerprint density at radius 3 is 2.31 bits per heavy atom. The van der Waals surface area contributed by atoms with Crippen molar-refractivity contribution in [2.75, 3.05) is 19.6 Å². The van der Waals surface area contributed by atoms with Crippen LogP contribution in [0, 0.1) is 34.5 Å². The molecule has 4 aliphatic rings. The molecule has 5 heteroatoms. The second-order valence-electron chi connectivity index (χ2n) is 11.2. The van der Waals surface area contributed by atoms with E-state index in [4.69, 9.17) is 0 Å². The van der Waals surface area contributed by atoms with E-state index in [-0.39, 0.29) is 28.7 Å². The zero-order chi connectivity index (χ0) is 23.3. The average molecular weight is 443 g/mol. The maximum atomic E-state index is 13.7. The Labute approximate surface area is 194 Å². The van der Waals surface area contributed by atoms with E-state index in [2.05, 4.69) is 13.8 Å². The molecule has 0 aromatic rings. The summed E-state index contributed by atoms with van der Waals surface area (Å²) in [4.78, 5) is 42.1. The van der Waals surface area contributed by atoms with Crippen molar-refractivity contribution in [2.45, 2.75) is 86.0 Å². The second kappa shape index (κ2) is 8.61. The Morgan fingerprint density at radius 2 is 1.66 bits per heavy atom. The number of hydrogen-bond acceptors (Lipinski definition) is 3. The molecule has 32 heavy (non-hydrogen) atoms. The van der Waals surface area contributed by atoms with Gasteiger partial charge in [0.25, 0.3) is 0 Å². The Morgan fingerprint density at radius 1 is 0.938 bits per heavy atom. The van der Waals surface area contributed by atoms with Crippen LogP contribution in [0.1, 0.15) is 86.0 Å². The third kappa shape index (κ3) is 3.45. The standard InChI is InChI=1S/C27H42N2O3/c1-6-28(7-2)25(32)29(8-3)24(31)23-12-11-21-20-10-9-18-17-19(30)13-15-26(18,4)22(20)14-16-27(21,23)5/h17,20-23H,6-16H2,1-5H3/t20-,21-,22-,23+,26-,27-/m0/s1. The highest BCUT2D eigenvalue weighted by atomic mass is 16.2. The van der Waals surface area contributed by atoms with Gasteiger partial charge >= 0.3 is 6.03 Å². The number of amides is 3. The number of imide groups is 1. The molecule has 0 unspecified atom stereocenters. The molecule has 178 valence electrons. The summed E-state index contributed by atoms with van der Waals surface area (Å²) in [6.45, 7) is 12.3. The topological polar surface area (TPSA) is 57.7 Å². The Kier molecular flexibility index (Phi) is 6.32. The van der Waals surface area contributed by atoms with Gasteiger partial charge in [-0.1, -0.05) is 19.4 Å². The molecule has 0 N–H and O–H groups in total. The first-order valence-electron chi connectivity index (χ1n) is 13.0. The zero-order valence-electron chi connectivity index (χ0n) is 20.8. The molecule has 0 saturated heterocycles. The highest BCUT2D eigenvalue weighted by Crippen LogP contribution is 2.66. The van der Waals surface area contributed by atoms with Crippen LogP contribution in [0.15, 0.2) is 11.6 Å². The van der Waals surface area contributed by atoms with Crippen LogP contribution in [0.4, 0.5) is 4.79 Å². The van der Waals surface area contributed by atoms with Gasteiger partial charge in [0, 0.05) is 32.0 Å². The van der Waals surface area contributed by atoms with E-state index in [1.54, 1.807) is 4.90 Å². The number of ketones is 1. The summed E-state index contributed by atoms with van der Waals surface area (Å²) in [6.07, 6.45) is 10.0. The van der Waals surface area contributed by atoms with Crippen molar-refractivity contribution in [3.8, 4) is 0 Å². The van der Waals surface area contributed by atoms with Crippen molar-refractivity contribution in [1.29, 1.82) is 0 Å². The second-order valence-corrected chi connectivity index (χ2v) is 11.2. The number of urea groups is 1. The number of rotatable bonds is 4. The molecule has 3 fully saturated rings. The smallest absolute Gasteiger partial charge is 0.325 e. The molecule has 4 aliphatic carbocycles. The monoisotopic (exact) mass is 442 g/mol. The molecule has 0 aliphatic heterocycles. The maximum absolute atomic E-state index is 13.7. The van der Waals surface area contributed by atoms with E-state index in [1.165, 1.54) is 10.5 Å². The normalized spacial score (nSPS) is 38.3. The fraction of sp³-hybridized carbons (Fsp3) is 0.815. The van der Waals surface area contributed by atoms with Crippen LogP contribution in [-0.2, 0) is 9.59 Å². The van der Waals surface area contributed by atoms with Crippen molar-refractivity contribution >= 4 is 17.7 Å². The van der Waals surface area contributed by atoms with E-state index in [9.17, 15) is 14.4 Å². The van der Waals surface area contributed by atoms with Gasteiger partial charge in [0.15, 0.2) is 5.78 Å². The van der Waals surface area contributed by atoms with Crippen molar-refractivity contribution < 1.29 is 14.4 Å². The first-order valence-corrected chi connectivity index (χ1v) is 13.0. The molecule has 0 aromatic heterocycles. The highest BCUT2D eigenvalue weighted by Gasteiger charge is 2.60. The zero-order valence-corrected chi connectivity index (χ0v) is 20.8. The van der Waals surface area contributed by atoms with Gasteiger partial charge in [0.05, 0.1) is 0 Å². The van der Waals surface area contributed by atoms with Gasteiger partial charge in [-0.25, -0.2) is 4.79 Å². The van der Waals surface area contributed by atoms with Crippen LogP contribution in [-0.4, -0.2) is 47.2 Å². The van der Waals surface area contributed by atoms with Crippen LogP contribution in [0.2, 0.25) is 0 Å². The lowest BCUT2D eigenvalue weighted by atomic mass is 9.47. The molecule has 5 nitrogen and oxygen atoms in total. The predicted molar refractivity (Wildman–Crippen MR) is 126 cm³/mol. The third-order valence-electron chi connectivity index (χ3n) is 10.1. The van der Waals surface area contributed by atoms with E-state index in [1.807, 2.05) is 26.8 Å². The lowest BCUT2D eigenvalue weighted by Crippen LogP contribution is -2.54. The SMILES string of the molecule is CCN(CC)C(=O)N(CC)C(=O)[C@H]1CC[C@H]2[C@@H]3CCC4=CC(=O)CC[C@]4(C)[C@H]3CC[C@]12C. The number of allylic oxidation sites excluding steroid dienone is 1. The Bertz CT molecular complexity index is 816. The van der Waals surface area contributed by atoms with E-state index in [0.717, 1.165) is 44.9 Å². The molecule has 0 bridgehead atoms. The van der Waals surface area contributed by atoms with Crippen molar-refractivity contribution in [2.24, 2.45) is 34.5 Å². The van der Waals surface area contributed by atoms with Gasteiger partial charge in [-0.3, -0.25) is 14.5 Å². The van der Waals surface area contributed by atoms with Crippen molar-refractivity contribution in [1.82, 2.24) is 9.80 Å². The minimum atomic E-state index is -0.130. The quantitative estimate of drug-likeness (QED) is 0.582. The summed E-state index contributed by atoms with van der Waals surface area (Å²) in [6, 6.07) is -0.130. The largest absolute Gasteiger partial charge is 0.326 e. The van der Waals surface area contributed by atoms with Crippen LogP contribution in [0.25, 0.3) is 0 Å². The van der Waals surface area contributed by atoms with E-state index >= 15 is 0 Å². The molecule has 0 aromatic carbocycles. The summed E-state index contributed by atoms with van der Waals surface area (Å²) in [5, 5.41) is 0. The number of carbonyl (C=O) groups excluding carboxylic acids is 3. The molecule has 0 heterocycles. The minimum Gasteiger partial charge on any atom is -0.325 e. The van der Waals surface area contributed by atoms with Gasteiger partial charge < -0.3 is 4.90 Å². The minimum absolute atomic E-state index is 0.0166. The summed E-state index contributed by atoms with van der Waals surface area (Å²) >= 11 is 0. The number of hydrogen-bond donors (Lipinski definition) is 0. The molecule has 3 saturated carbocycles. The summed E-state index contributed by atoms with van der Waals surface area (Å²) in [5.74, 6) is 2.12. The predicted octanol–water partition coefficient (Wildman–Crippen LogP) is 5.44. The molecular weight excluding hydrogens is 400 g/mol. The summed E-state index contributed by atoms with van der Waals surface area (Å²) in [5.41, 5.74) is 1.54. The molecular formula is C27H42N2O3. The van der Waals surface area contributed by atoms with Crippen molar-refractivity contribution in [3.05, 3.63) is 11.6 Å². The average Bonchev–Trinajstić information content (AvgIpc) is 3.12. The number of carbonyl (C=O) groups is 3. The first kappa shape index (κ1) is 23.5. The van der Waals surface area contributed by atoms with Crippen LogP contribution in [0.5, 0.6) is 0 Å². The third-order valence-corrected chi connectivity index (χ3v) is 10.1. The van der Waals surface area contributed by atoms with E-state index in [0.29, 0.717) is 49.6 Å². The van der Waals surface area contributed by atoms with Gasteiger partial charge in [-0.2, -0.15) is 0 Å². The Hall–Kier alpha value is -1.65. The summed E-state index contributed by atoms with van der Waals surface area (Å²) in [7, 11) is 0. The lowest BCUT2D eigenvalue weighted by Gasteiger charge is -2.58. The van der Waals surface area contributed by atoms with Gasteiger partial charge in [0.1, 0.15) is 0 Å². The van der Waals surface area contributed by atoms with E-state index < -0.39 is 0 Å². The van der Waals surface area contributed by atoms with Crippen LogP contribution < -0.4 is 0 Å². The lowest BCUT2D eigenvalue weighted by molar-refractivity contribution is -0.140. The molecule has 0 radical (unpaired) electrons. The molecule has 0 spiro atoms. The maximum Gasteiger partial charge on any atom is 0.326 e. The summed E-state index contributed by atoms with van der Waals surface area (Å²) < 4.78 is 0. The molecule has 6 atom stereocenters. The van der Waals surface area contributed by atoms with Gasteiger partial charge in [-0.15, -0.1) is 0 Å². The molecule has 4 rings (SSSR count). The fourth-order valence-electron chi connectivity index (χ4n) is 8.20.